The second-order valence-electron chi connectivity index (χ2n) is 6.57. The number of halogens is 4. The van der Waals surface area contributed by atoms with Crippen LogP contribution in [0.25, 0.3) is 0 Å². The number of benzene rings is 1. The first-order valence-electron chi connectivity index (χ1n) is 8.21. The fourth-order valence-corrected chi connectivity index (χ4v) is 3.02. The average molecular weight is 378 g/mol. The van der Waals surface area contributed by atoms with E-state index in [0.717, 1.165) is 6.07 Å². The summed E-state index contributed by atoms with van der Waals surface area (Å²) in [5.74, 6) is -1.62. The molecule has 2 rings (SSSR count). The molecule has 0 saturated carbocycles. The smallest absolute Gasteiger partial charge is 0.389 e. The summed E-state index contributed by atoms with van der Waals surface area (Å²) in [5.41, 5.74) is -2.53. The van der Waals surface area contributed by atoms with Crippen molar-refractivity contribution in [3.8, 4) is 0 Å². The van der Waals surface area contributed by atoms with Crippen LogP contribution in [0.3, 0.4) is 0 Å². The summed E-state index contributed by atoms with van der Waals surface area (Å²) in [7, 11) is 1.54. The maximum atomic E-state index is 13.3. The van der Waals surface area contributed by atoms with Gasteiger partial charge in [-0.2, -0.15) is 13.2 Å². The van der Waals surface area contributed by atoms with Crippen LogP contribution in [-0.2, 0) is 10.9 Å². The van der Waals surface area contributed by atoms with Crippen molar-refractivity contribution in [3.05, 3.63) is 29.6 Å². The Labute approximate surface area is 148 Å². The van der Waals surface area contributed by atoms with Gasteiger partial charge in [-0.05, 0) is 31.0 Å². The number of hydrogen-bond donors (Lipinski definition) is 2. The summed E-state index contributed by atoms with van der Waals surface area (Å²) in [6, 6.07) is 1.71. The lowest BCUT2D eigenvalue weighted by Crippen LogP contribution is -2.53. The molecule has 1 aromatic carbocycles. The minimum absolute atomic E-state index is 0.142. The second kappa shape index (κ2) is 7.79. The van der Waals surface area contributed by atoms with Crippen molar-refractivity contribution < 1.29 is 32.2 Å². The number of hydrogen-bond acceptors (Lipinski definition) is 3. The fraction of sp³-hybridized carbons (Fsp3) is 0.588. The van der Waals surface area contributed by atoms with Gasteiger partial charge in [0, 0.05) is 38.4 Å². The minimum atomic E-state index is -4.84. The molecule has 26 heavy (non-hydrogen) atoms. The molecule has 0 unspecified atom stereocenters. The number of nitrogens with zero attached hydrogens (tertiary/aromatic N) is 1. The lowest BCUT2D eigenvalue weighted by Gasteiger charge is -2.43. The molecule has 1 heterocycles. The molecule has 0 radical (unpaired) electrons. The Morgan fingerprint density at radius 2 is 2.15 bits per heavy atom. The van der Waals surface area contributed by atoms with Crippen LogP contribution in [0.4, 0.5) is 28.0 Å². The van der Waals surface area contributed by atoms with Gasteiger partial charge in [0.2, 0.25) is 0 Å². The van der Waals surface area contributed by atoms with Crippen LogP contribution in [0, 0.1) is 11.7 Å². The standard InChI is InChI=1S/C17H22F4N2O3/c1-11-10-23(7-5-16(11,25)6-8-26-2)15(24)22-12-3-4-14(18)13(9-12)17(19,20)21/h3-4,9,11,25H,5-8,10H2,1-2H3,(H,22,24)/t11-,16-/m1/s1. The zero-order chi connectivity index (χ0) is 19.5. The number of methoxy groups -OCH3 is 1. The van der Waals surface area contributed by atoms with Gasteiger partial charge in [0.05, 0.1) is 11.2 Å². The van der Waals surface area contributed by atoms with E-state index in [-0.39, 0.29) is 24.7 Å². The van der Waals surface area contributed by atoms with E-state index in [1.165, 1.54) is 12.0 Å². The minimum Gasteiger partial charge on any atom is -0.389 e. The number of piperidine rings is 1. The third-order valence-electron chi connectivity index (χ3n) is 4.78. The van der Waals surface area contributed by atoms with Crippen LogP contribution in [0.1, 0.15) is 25.3 Å². The number of likely N-dealkylation sites (tertiary alicyclic amines) is 1. The predicted molar refractivity (Wildman–Crippen MR) is 87.2 cm³/mol. The number of rotatable bonds is 4. The fourth-order valence-electron chi connectivity index (χ4n) is 3.02. The zero-order valence-electron chi connectivity index (χ0n) is 14.6. The van der Waals surface area contributed by atoms with Gasteiger partial charge in [-0.1, -0.05) is 6.92 Å². The molecule has 2 amide bonds. The van der Waals surface area contributed by atoms with Gasteiger partial charge < -0.3 is 20.1 Å². The average Bonchev–Trinajstić information content (AvgIpc) is 2.56. The molecule has 146 valence electrons. The quantitative estimate of drug-likeness (QED) is 0.789. The lowest BCUT2D eigenvalue weighted by atomic mass is 9.80. The van der Waals surface area contributed by atoms with E-state index in [4.69, 9.17) is 4.74 Å². The molecule has 5 nitrogen and oxygen atoms in total. The first-order valence-corrected chi connectivity index (χ1v) is 8.21. The van der Waals surface area contributed by atoms with Gasteiger partial charge in [0.1, 0.15) is 5.82 Å². The van der Waals surface area contributed by atoms with Crippen LogP contribution in [0.2, 0.25) is 0 Å². The number of amides is 2. The van der Waals surface area contributed by atoms with Crippen molar-refractivity contribution in [2.24, 2.45) is 5.92 Å². The Morgan fingerprint density at radius 3 is 2.73 bits per heavy atom. The van der Waals surface area contributed by atoms with Gasteiger partial charge in [-0.15, -0.1) is 0 Å². The summed E-state index contributed by atoms with van der Waals surface area (Å²) in [5, 5.41) is 13.0. The van der Waals surface area contributed by atoms with Gasteiger partial charge >= 0.3 is 12.2 Å². The van der Waals surface area contributed by atoms with Crippen molar-refractivity contribution >= 4 is 11.7 Å². The Hall–Kier alpha value is -1.87. The van der Waals surface area contributed by atoms with Gasteiger partial charge in [-0.25, -0.2) is 9.18 Å². The van der Waals surface area contributed by atoms with Crippen LogP contribution in [-0.4, -0.2) is 48.4 Å². The van der Waals surface area contributed by atoms with E-state index < -0.39 is 29.2 Å². The third kappa shape index (κ3) is 4.64. The summed E-state index contributed by atoms with van der Waals surface area (Å²) >= 11 is 0. The highest BCUT2D eigenvalue weighted by Gasteiger charge is 2.40. The number of carbonyl (C=O) groups is 1. The van der Waals surface area contributed by atoms with E-state index in [2.05, 4.69) is 5.32 Å². The Morgan fingerprint density at radius 1 is 1.46 bits per heavy atom. The number of ether oxygens (including phenoxy) is 1. The number of anilines is 1. The predicted octanol–water partition coefficient (Wildman–Crippen LogP) is 3.49. The Bertz CT molecular complexity index is 653. The first-order chi connectivity index (χ1) is 12.1. The maximum absolute atomic E-state index is 13.3. The first kappa shape index (κ1) is 20.4. The molecule has 1 aliphatic rings. The van der Waals surface area contributed by atoms with Crippen LogP contribution in [0.15, 0.2) is 18.2 Å². The maximum Gasteiger partial charge on any atom is 0.419 e. The zero-order valence-corrected chi connectivity index (χ0v) is 14.6. The highest BCUT2D eigenvalue weighted by molar-refractivity contribution is 5.89. The summed E-state index contributed by atoms with van der Waals surface area (Å²) in [6.07, 6.45) is -4.07. The summed E-state index contributed by atoms with van der Waals surface area (Å²) < 4.78 is 56.6. The molecule has 0 aromatic heterocycles. The van der Waals surface area contributed by atoms with Gasteiger partial charge in [0.25, 0.3) is 0 Å². The van der Waals surface area contributed by atoms with E-state index in [1.54, 1.807) is 6.92 Å². The summed E-state index contributed by atoms with van der Waals surface area (Å²) in [4.78, 5) is 13.7. The molecule has 2 atom stereocenters. The third-order valence-corrected chi connectivity index (χ3v) is 4.78. The Balaban J connectivity index is 2.03. The highest BCUT2D eigenvalue weighted by Crippen LogP contribution is 2.34. The molecule has 1 aliphatic heterocycles. The molecule has 1 aromatic rings. The van der Waals surface area contributed by atoms with Crippen LogP contribution in [0.5, 0.6) is 0 Å². The topological polar surface area (TPSA) is 61.8 Å². The number of nitrogens with one attached hydrogen (secondary N) is 1. The molecule has 9 heteroatoms. The molecule has 0 bridgehead atoms. The monoisotopic (exact) mass is 378 g/mol. The van der Waals surface area contributed by atoms with Crippen molar-refractivity contribution in [3.63, 3.8) is 0 Å². The normalized spacial score (nSPS) is 23.8. The van der Waals surface area contributed by atoms with Gasteiger partial charge in [-0.3, -0.25) is 0 Å². The molecule has 0 spiro atoms. The largest absolute Gasteiger partial charge is 0.419 e. The molecule has 2 N–H and O–H groups in total. The number of alkyl halides is 3. The molecule has 0 aliphatic carbocycles. The number of carbonyl (C=O) groups excluding carboxylic acids is 1. The molecule has 1 saturated heterocycles. The number of aliphatic hydroxyl groups is 1. The van der Waals surface area contributed by atoms with Crippen molar-refractivity contribution in [2.45, 2.75) is 31.5 Å². The number of urea groups is 1. The SMILES string of the molecule is COCC[C@]1(O)CCN(C(=O)Nc2ccc(F)c(C(F)(F)F)c2)C[C@H]1C. The van der Waals surface area contributed by atoms with E-state index in [1.807, 2.05) is 0 Å². The van der Waals surface area contributed by atoms with Crippen molar-refractivity contribution in [1.82, 2.24) is 4.90 Å². The van der Waals surface area contributed by atoms with Gasteiger partial charge in [0.15, 0.2) is 0 Å². The molecule has 1 fully saturated rings. The van der Waals surface area contributed by atoms with Crippen molar-refractivity contribution in [2.75, 3.05) is 32.1 Å². The van der Waals surface area contributed by atoms with E-state index in [0.29, 0.717) is 31.6 Å². The Kier molecular flexibility index (Phi) is 6.13. The van der Waals surface area contributed by atoms with Crippen LogP contribution < -0.4 is 5.32 Å². The molecular formula is C17H22F4N2O3. The highest BCUT2D eigenvalue weighted by atomic mass is 19.4. The van der Waals surface area contributed by atoms with Crippen molar-refractivity contribution in [1.29, 1.82) is 0 Å². The van der Waals surface area contributed by atoms with E-state index >= 15 is 0 Å². The second-order valence-corrected chi connectivity index (χ2v) is 6.57. The van der Waals surface area contributed by atoms with E-state index in [9.17, 15) is 27.5 Å². The van der Waals surface area contributed by atoms with Crippen LogP contribution >= 0.6 is 0 Å². The lowest BCUT2D eigenvalue weighted by molar-refractivity contribution is -0.139. The molecular weight excluding hydrogens is 356 g/mol. The summed E-state index contributed by atoms with van der Waals surface area (Å²) in [6.45, 7) is 2.70.